The second-order valence-electron chi connectivity index (χ2n) is 5.62. The van der Waals surface area contributed by atoms with E-state index in [0.717, 1.165) is 30.8 Å². The van der Waals surface area contributed by atoms with Crippen LogP contribution in [0.5, 0.6) is 0 Å². The molecule has 1 atom stereocenters. The average molecular weight is 293 g/mol. The second-order valence-corrected chi connectivity index (χ2v) is 5.62. The first-order valence-corrected chi connectivity index (χ1v) is 7.23. The summed E-state index contributed by atoms with van der Waals surface area (Å²) in [6, 6.07) is 0.0470. The van der Waals surface area contributed by atoms with Gasteiger partial charge in [-0.15, -0.1) is 0 Å². The number of nitrogens with zero attached hydrogens (tertiary/aromatic N) is 3. The highest BCUT2D eigenvalue weighted by molar-refractivity contribution is 5.77. The molecule has 1 saturated heterocycles. The predicted molar refractivity (Wildman–Crippen MR) is 79.5 cm³/mol. The van der Waals surface area contributed by atoms with E-state index in [1.165, 1.54) is 6.92 Å². The lowest BCUT2D eigenvalue weighted by molar-refractivity contribution is -0.134. The Balaban J connectivity index is 1.99. The van der Waals surface area contributed by atoms with Crippen LogP contribution in [-0.4, -0.2) is 45.6 Å². The first kappa shape index (κ1) is 15.3. The van der Waals surface area contributed by atoms with Gasteiger partial charge < -0.3 is 16.0 Å². The van der Waals surface area contributed by atoms with Crippen molar-refractivity contribution >= 4 is 17.5 Å². The number of nitrogens with one attached hydrogen (secondary N) is 1. The summed E-state index contributed by atoms with van der Waals surface area (Å²) in [5, 5.41) is 7.17. The quantitative estimate of drug-likeness (QED) is 0.833. The van der Waals surface area contributed by atoms with Crippen LogP contribution in [0.2, 0.25) is 0 Å². The van der Waals surface area contributed by atoms with E-state index < -0.39 is 0 Å². The zero-order chi connectivity index (χ0) is 15.6. The van der Waals surface area contributed by atoms with Crippen molar-refractivity contribution in [2.75, 3.05) is 18.8 Å². The smallest absolute Gasteiger partial charge is 0.244 e. The van der Waals surface area contributed by atoms with Gasteiger partial charge in [0.05, 0.1) is 17.1 Å². The molecule has 0 saturated carbocycles. The molecule has 0 spiro atoms. The molecule has 0 bridgehead atoms. The minimum atomic E-state index is -0.0550. The minimum absolute atomic E-state index is 0.00986. The number of carbonyl (C=O) groups excluding carboxylic acids is 2. The SMILES string of the molecule is CC(=O)NC1CCCN(C(=O)Cn2nc(C)c(N)c2C)C1. The molecule has 7 heteroatoms. The fourth-order valence-electron chi connectivity index (χ4n) is 2.70. The highest BCUT2D eigenvalue weighted by Gasteiger charge is 2.24. The molecule has 0 aliphatic carbocycles. The first-order chi connectivity index (χ1) is 9.88. The number of anilines is 1. The van der Waals surface area contributed by atoms with Gasteiger partial charge in [0, 0.05) is 26.1 Å². The molecule has 1 aliphatic rings. The molecule has 1 unspecified atom stereocenters. The highest BCUT2D eigenvalue weighted by atomic mass is 16.2. The van der Waals surface area contributed by atoms with E-state index in [-0.39, 0.29) is 24.4 Å². The zero-order valence-electron chi connectivity index (χ0n) is 12.8. The van der Waals surface area contributed by atoms with Crippen molar-refractivity contribution in [1.29, 1.82) is 0 Å². The number of nitrogen functional groups attached to an aromatic ring is 1. The Kier molecular flexibility index (Phi) is 4.50. The maximum Gasteiger partial charge on any atom is 0.244 e. The lowest BCUT2D eigenvalue weighted by atomic mass is 10.1. The summed E-state index contributed by atoms with van der Waals surface area (Å²) in [5.74, 6) is -0.0451. The van der Waals surface area contributed by atoms with Crippen LogP contribution in [0.3, 0.4) is 0 Å². The summed E-state index contributed by atoms with van der Waals surface area (Å²) in [7, 11) is 0. The Bertz CT molecular complexity index is 552. The summed E-state index contributed by atoms with van der Waals surface area (Å²) in [6.07, 6.45) is 1.81. The van der Waals surface area contributed by atoms with Gasteiger partial charge in [-0.2, -0.15) is 5.10 Å². The molecule has 1 aromatic heterocycles. The Morgan fingerprint density at radius 3 is 2.71 bits per heavy atom. The van der Waals surface area contributed by atoms with Crippen molar-refractivity contribution in [2.24, 2.45) is 0 Å². The van der Waals surface area contributed by atoms with E-state index >= 15 is 0 Å². The van der Waals surface area contributed by atoms with Gasteiger partial charge in [0.2, 0.25) is 11.8 Å². The summed E-state index contributed by atoms with van der Waals surface area (Å²) < 4.78 is 1.65. The third-order valence-corrected chi connectivity index (χ3v) is 3.90. The molecule has 1 aliphatic heterocycles. The summed E-state index contributed by atoms with van der Waals surface area (Å²) in [4.78, 5) is 25.3. The fourth-order valence-corrected chi connectivity index (χ4v) is 2.70. The molecular formula is C14H23N5O2. The minimum Gasteiger partial charge on any atom is -0.396 e. The standard InChI is InChI=1S/C14H23N5O2/c1-9-14(15)10(2)19(17-9)8-13(21)18-6-4-5-12(7-18)16-11(3)20/h12H,4-8,15H2,1-3H3,(H,16,20). The number of piperidine rings is 1. The van der Waals surface area contributed by atoms with Crippen LogP contribution in [0.1, 0.15) is 31.2 Å². The van der Waals surface area contributed by atoms with Gasteiger partial charge in [-0.05, 0) is 26.7 Å². The maximum atomic E-state index is 12.4. The summed E-state index contributed by atoms with van der Waals surface area (Å²) in [6.45, 7) is 6.67. The third kappa shape index (κ3) is 3.53. The lowest BCUT2D eigenvalue weighted by Crippen LogP contribution is -2.50. The number of likely N-dealkylation sites (tertiary alicyclic amines) is 1. The molecule has 7 nitrogen and oxygen atoms in total. The summed E-state index contributed by atoms with van der Waals surface area (Å²) in [5.41, 5.74) is 8.08. The zero-order valence-corrected chi connectivity index (χ0v) is 12.8. The van der Waals surface area contributed by atoms with E-state index in [1.807, 2.05) is 13.8 Å². The molecule has 3 N–H and O–H groups in total. The van der Waals surface area contributed by atoms with Crippen molar-refractivity contribution in [3.8, 4) is 0 Å². The molecule has 116 valence electrons. The van der Waals surface area contributed by atoms with Crippen LogP contribution < -0.4 is 11.1 Å². The molecule has 1 fully saturated rings. The Morgan fingerprint density at radius 1 is 1.43 bits per heavy atom. The van der Waals surface area contributed by atoms with E-state index in [2.05, 4.69) is 10.4 Å². The molecule has 1 aromatic rings. The predicted octanol–water partition coefficient (Wildman–Crippen LogP) is 0.209. The van der Waals surface area contributed by atoms with Gasteiger partial charge in [0.15, 0.2) is 0 Å². The molecule has 2 heterocycles. The Labute approximate surface area is 124 Å². The van der Waals surface area contributed by atoms with Crippen LogP contribution in [0, 0.1) is 13.8 Å². The number of carbonyl (C=O) groups is 2. The average Bonchev–Trinajstić information content (AvgIpc) is 2.66. The van der Waals surface area contributed by atoms with Crippen LogP contribution in [-0.2, 0) is 16.1 Å². The highest BCUT2D eigenvalue weighted by Crippen LogP contribution is 2.16. The number of aromatic nitrogens is 2. The van der Waals surface area contributed by atoms with Crippen LogP contribution in [0.4, 0.5) is 5.69 Å². The first-order valence-electron chi connectivity index (χ1n) is 7.23. The van der Waals surface area contributed by atoms with Crippen molar-refractivity contribution in [3.05, 3.63) is 11.4 Å². The number of nitrogens with two attached hydrogens (primary N) is 1. The molecule has 0 radical (unpaired) electrons. The van der Waals surface area contributed by atoms with Gasteiger partial charge in [-0.25, -0.2) is 0 Å². The number of rotatable bonds is 3. The number of hydrogen-bond donors (Lipinski definition) is 2. The van der Waals surface area contributed by atoms with Crippen molar-refractivity contribution in [3.63, 3.8) is 0 Å². The van der Waals surface area contributed by atoms with Gasteiger partial charge in [-0.1, -0.05) is 0 Å². The van der Waals surface area contributed by atoms with Crippen molar-refractivity contribution < 1.29 is 9.59 Å². The molecule has 21 heavy (non-hydrogen) atoms. The van der Waals surface area contributed by atoms with Crippen LogP contribution in [0.25, 0.3) is 0 Å². The van der Waals surface area contributed by atoms with Crippen molar-refractivity contribution in [2.45, 2.75) is 46.2 Å². The van der Waals surface area contributed by atoms with E-state index in [0.29, 0.717) is 12.2 Å². The van der Waals surface area contributed by atoms with Crippen LogP contribution >= 0.6 is 0 Å². The molecular weight excluding hydrogens is 270 g/mol. The topological polar surface area (TPSA) is 93.2 Å². The number of aryl methyl sites for hydroxylation is 1. The van der Waals surface area contributed by atoms with Gasteiger partial charge in [0.25, 0.3) is 0 Å². The lowest BCUT2D eigenvalue weighted by Gasteiger charge is -2.33. The van der Waals surface area contributed by atoms with E-state index in [9.17, 15) is 9.59 Å². The van der Waals surface area contributed by atoms with E-state index in [1.54, 1.807) is 9.58 Å². The van der Waals surface area contributed by atoms with Crippen molar-refractivity contribution in [1.82, 2.24) is 20.0 Å². The Morgan fingerprint density at radius 2 is 2.14 bits per heavy atom. The largest absolute Gasteiger partial charge is 0.396 e. The number of amides is 2. The Hall–Kier alpha value is -2.05. The van der Waals surface area contributed by atoms with Gasteiger partial charge >= 0.3 is 0 Å². The summed E-state index contributed by atoms with van der Waals surface area (Å²) >= 11 is 0. The number of hydrogen-bond acceptors (Lipinski definition) is 4. The molecule has 0 aromatic carbocycles. The monoisotopic (exact) mass is 293 g/mol. The maximum absolute atomic E-state index is 12.4. The second kappa shape index (κ2) is 6.15. The van der Waals surface area contributed by atoms with E-state index in [4.69, 9.17) is 5.73 Å². The third-order valence-electron chi connectivity index (χ3n) is 3.90. The normalized spacial score (nSPS) is 18.6. The van der Waals surface area contributed by atoms with Gasteiger partial charge in [-0.3, -0.25) is 14.3 Å². The van der Waals surface area contributed by atoms with Crippen LogP contribution in [0.15, 0.2) is 0 Å². The molecule has 2 amide bonds. The fraction of sp³-hybridized carbons (Fsp3) is 0.643. The van der Waals surface area contributed by atoms with Gasteiger partial charge in [0.1, 0.15) is 6.54 Å². The molecule has 2 rings (SSSR count).